The number of ether oxygens (including phenoxy) is 1. The van der Waals surface area contributed by atoms with E-state index in [1.807, 2.05) is 64.1 Å². The summed E-state index contributed by atoms with van der Waals surface area (Å²) >= 11 is 0. The third-order valence-electron chi connectivity index (χ3n) is 4.88. The van der Waals surface area contributed by atoms with Crippen LogP contribution in [0.15, 0.2) is 41.2 Å². The predicted octanol–water partition coefficient (Wildman–Crippen LogP) is 3.87. The van der Waals surface area contributed by atoms with Crippen molar-refractivity contribution in [2.45, 2.75) is 52.7 Å². The van der Waals surface area contributed by atoms with E-state index in [1.54, 1.807) is 9.58 Å². The molecule has 6 heteroatoms. The number of aryl methyl sites for hydroxylation is 1. The van der Waals surface area contributed by atoms with Crippen molar-refractivity contribution in [3.63, 3.8) is 0 Å². The van der Waals surface area contributed by atoms with Crippen LogP contribution in [0.25, 0.3) is 11.1 Å². The molecule has 0 saturated carbocycles. The summed E-state index contributed by atoms with van der Waals surface area (Å²) < 4.78 is 7.04. The van der Waals surface area contributed by atoms with E-state index in [2.05, 4.69) is 5.10 Å². The molecule has 1 aliphatic heterocycles. The van der Waals surface area contributed by atoms with Gasteiger partial charge in [-0.1, -0.05) is 30.3 Å². The largest absolute Gasteiger partial charge is 0.444 e. The number of amides is 1. The van der Waals surface area contributed by atoms with Gasteiger partial charge in [-0.25, -0.2) is 9.48 Å². The monoisotopic (exact) mass is 383 g/mol. The van der Waals surface area contributed by atoms with Crippen LogP contribution in [-0.4, -0.2) is 39.5 Å². The van der Waals surface area contributed by atoms with Gasteiger partial charge >= 0.3 is 6.09 Å². The molecule has 0 bridgehead atoms. The van der Waals surface area contributed by atoms with E-state index in [0.29, 0.717) is 31.1 Å². The Kier molecular flexibility index (Phi) is 5.87. The molecule has 1 saturated heterocycles. The molecule has 28 heavy (non-hydrogen) atoms. The summed E-state index contributed by atoms with van der Waals surface area (Å²) in [6, 6.07) is 11.5. The molecule has 3 rings (SSSR count). The SMILES string of the molecule is Cc1cc(-c2ccccc2)c(=O)n(CC2CCN(C(=O)OC(C)(C)C)CC2)n1. The first-order chi connectivity index (χ1) is 13.2. The van der Waals surface area contributed by atoms with E-state index >= 15 is 0 Å². The Labute approximate surface area is 166 Å². The Morgan fingerprint density at radius 2 is 1.82 bits per heavy atom. The van der Waals surface area contributed by atoms with Gasteiger partial charge in [0.1, 0.15) is 5.60 Å². The lowest BCUT2D eigenvalue weighted by Crippen LogP contribution is -2.43. The molecule has 0 radical (unpaired) electrons. The van der Waals surface area contributed by atoms with Gasteiger partial charge in [0, 0.05) is 19.6 Å². The number of hydrogen-bond donors (Lipinski definition) is 0. The van der Waals surface area contributed by atoms with Gasteiger partial charge < -0.3 is 9.64 Å². The second-order valence-corrected chi connectivity index (χ2v) is 8.46. The van der Waals surface area contributed by atoms with Gasteiger partial charge in [-0.15, -0.1) is 0 Å². The van der Waals surface area contributed by atoms with Crippen LogP contribution in [0.5, 0.6) is 0 Å². The quantitative estimate of drug-likeness (QED) is 0.807. The van der Waals surface area contributed by atoms with Gasteiger partial charge in [-0.2, -0.15) is 5.10 Å². The lowest BCUT2D eigenvalue weighted by Gasteiger charge is -2.33. The third kappa shape index (κ3) is 5.00. The maximum atomic E-state index is 12.9. The molecular formula is C22H29N3O3. The zero-order chi connectivity index (χ0) is 20.3. The summed E-state index contributed by atoms with van der Waals surface area (Å²) in [5.74, 6) is 0.314. The standard InChI is InChI=1S/C22H29N3O3/c1-16-14-19(18-8-6-5-7-9-18)20(26)25(23-16)15-17-10-12-24(13-11-17)21(27)28-22(2,3)4/h5-9,14,17H,10-13,15H2,1-4H3. The molecule has 1 aromatic heterocycles. The molecule has 2 heterocycles. The van der Waals surface area contributed by atoms with E-state index in [-0.39, 0.29) is 11.7 Å². The highest BCUT2D eigenvalue weighted by atomic mass is 16.6. The van der Waals surface area contributed by atoms with Crippen molar-refractivity contribution in [2.75, 3.05) is 13.1 Å². The van der Waals surface area contributed by atoms with E-state index < -0.39 is 5.60 Å². The maximum absolute atomic E-state index is 12.9. The average Bonchev–Trinajstić information content (AvgIpc) is 2.64. The molecule has 1 fully saturated rings. The van der Waals surface area contributed by atoms with E-state index in [9.17, 15) is 9.59 Å². The van der Waals surface area contributed by atoms with Crippen LogP contribution in [0.3, 0.4) is 0 Å². The Balaban J connectivity index is 1.68. The molecular weight excluding hydrogens is 354 g/mol. The Morgan fingerprint density at radius 3 is 2.43 bits per heavy atom. The lowest BCUT2D eigenvalue weighted by atomic mass is 9.97. The van der Waals surface area contributed by atoms with Crippen molar-refractivity contribution in [2.24, 2.45) is 5.92 Å². The van der Waals surface area contributed by atoms with Crippen LogP contribution >= 0.6 is 0 Å². The number of carbonyl (C=O) groups excluding carboxylic acids is 1. The van der Waals surface area contributed by atoms with Crippen LogP contribution in [0.2, 0.25) is 0 Å². The highest BCUT2D eigenvalue weighted by Crippen LogP contribution is 2.21. The van der Waals surface area contributed by atoms with E-state index in [1.165, 1.54) is 0 Å². The molecule has 2 aromatic rings. The second kappa shape index (κ2) is 8.17. The van der Waals surface area contributed by atoms with Crippen LogP contribution in [0.4, 0.5) is 4.79 Å². The van der Waals surface area contributed by atoms with Crippen LogP contribution in [0.1, 0.15) is 39.3 Å². The summed E-state index contributed by atoms with van der Waals surface area (Å²) in [7, 11) is 0. The minimum Gasteiger partial charge on any atom is -0.444 e. The van der Waals surface area contributed by atoms with Crippen molar-refractivity contribution >= 4 is 6.09 Å². The minimum absolute atomic E-state index is 0.0635. The van der Waals surface area contributed by atoms with Crippen molar-refractivity contribution in [1.82, 2.24) is 14.7 Å². The first-order valence-electron chi connectivity index (χ1n) is 9.85. The Morgan fingerprint density at radius 1 is 1.18 bits per heavy atom. The van der Waals surface area contributed by atoms with Crippen molar-refractivity contribution in [3.05, 3.63) is 52.4 Å². The number of piperidine rings is 1. The van der Waals surface area contributed by atoms with Crippen LogP contribution in [-0.2, 0) is 11.3 Å². The normalized spacial score (nSPS) is 15.5. The zero-order valence-electron chi connectivity index (χ0n) is 17.1. The summed E-state index contributed by atoms with van der Waals surface area (Å²) in [4.78, 5) is 26.9. The molecule has 0 unspecified atom stereocenters. The maximum Gasteiger partial charge on any atom is 0.410 e. The number of likely N-dealkylation sites (tertiary alicyclic amines) is 1. The zero-order valence-corrected chi connectivity index (χ0v) is 17.1. The van der Waals surface area contributed by atoms with Crippen molar-refractivity contribution in [3.8, 4) is 11.1 Å². The van der Waals surface area contributed by atoms with Gasteiger partial charge in [0.25, 0.3) is 5.56 Å². The number of hydrogen-bond acceptors (Lipinski definition) is 4. The number of benzene rings is 1. The van der Waals surface area contributed by atoms with Crippen molar-refractivity contribution in [1.29, 1.82) is 0 Å². The van der Waals surface area contributed by atoms with Gasteiger partial charge in [0.05, 0.1) is 11.3 Å². The third-order valence-corrected chi connectivity index (χ3v) is 4.88. The molecule has 0 aliphatic carbocycles. The number of carbonyl (C=O) groups is 1. The van der Waals surface area contributed by atoms with Gasteiger partial charge in [-0.05, 0) is 58.1 Å². The smallest absolute Gasteiger partial charge is 0.410 e. The first-order valence-corrected chi connectivity index (χ1v) is 9.85. The molecule has 0 N–H and O–H groups in total. The van der Waals surface area contributed by atoms with E-state index in [0.717, 1.165) is 24.1 Å². The van der Waals surface area contributed by atoms with Crippen molar-refractivity contribution < 1.29 is 9.53 Å². The fraction of sp³-hybridized carbons (Fsp3) is 0.500. The lowest BCUT2D eigenvalue weighted by molar-refractivity contribution is 0.0176. The number of rotatable bonds is 3. The van der Waals surface area contributed by atoms with Crippen LogP contribution < -0.4 is 5.56 Å². The molecule has 150 valence electrons. The summed E-state index contributed by atoms with van der Waals surface area (Å²) in [5.41, 5.74) is 1.86. The first kappa shape index (κ1) is 20.1. The predicted molar refractivity (Wildman–Crippen MR) is 109 cm³/mol. The summed E-state index contributed by atoms with van der Waals surface area (Å²) in [5, 5.41) is 4.45. The fourth-order valence-electron chi connectivity index (χ4n) is 3.49. The number of nitrogens with zero attached hydrogens (tertiary/aromatic N) is 3. The molecule has 6 nitrogen and oxygen atoms in total. The highest BCUT2D eigenvalue weighted by molar-refractivity contribution is 5.68. The van der Waals surface area contributed by atoms with Gasteiger partial charge in [0.2, 0.25) is 0 Å². The molecule has 1 aliphatic rings. The second-order valence-electron chi connectivity index (χ2n) is 8.46. The molecule has 1 aromatic carbocycles. The van der Waals surface area contributed by atoms with Gasteiger partial charge in [-0.3, -0.25) is 4.79 Å². The minimum atomic E-state index is -0.486. The molecule has 1 amide bonds. The molecule has 0 atom stereocenters. The summed E-state index contributed by atoms with van der Waals surface area (Å²) in [6.45, 7) is 9.39. The highest BCUT2D eigenvalue weighted by Gasteiger charge is 2.27. The topological polar surface area (TPSA) is 64.4 Å². The molecule has 0 spiro atoms. The number of aromatic nitrogens is 2. The average molecular weight is 383 g/mol. The Bertz CT molecular complexity index is 876. The van der Waals surface area contributed by atoms with Crippen LogP contribution in [0, 0.1) is 12.8 Å². The fourth-order valence-corrected chi connectivity index (χ4v) is 3.49. The Hall–Kier alpha value is -2.63. The van der Waals surface area contributed by atoms with E-state index in [4.69, 9.17) is 4.74 Å². The van der Waals surface area contributed by atoms with Gasteiger partial charge in [0.15, 0.2) is 0 Å². The summed E-state index contributed by atoms with van der Waals surface area (Å²) in [6.07, 6.45) is 1.41.